The van der Waals surface area contributed by atoms with Crippen LogP contribution in [-0.4, -0.2) is 23.1 Å². The van der Waals surface area contributed by atoms with Crippen molar-refractivity contribution in [2.45, 2.75) is 25.7 Å². The van der Waals surface area contributed by atoms with E-state index in [0.29, 0.717) is 5.56 Å². The van der Waals surface area contributed by atoms with Crippen LogP contribution >= 0.6 is 0 Å². The molecule has 0 bridgehead atoms. The number of nitro benzene ring substituents is 1. The third kappa shape index (κ3) is 4.50. The summed E-state index contributed by atoms with van der Waals surface area (Å²) < 4.78 is 0. The summed E-state index contributed by atoms with van der Waals surface area (Å²) in [6.45, 7) is 3.54. The molecule has 1 aliphatic heterocycles. The fourth-order valence-electron chi connectivity index (χ4n) is 4.54. The third-order valence-electron chi connectivity index (χ3n) is 5.89. The first-order valence-electron chi connectivity index (χ1n) is 10.4. The first-order valence-corrected chi connectivity index (χ1v) is 10.4. The number of benzene rings is 3. The summed E-state index contributed by atoms with van der Waals surface area (Å²) in [7, 11) is 0. The van der Waals surface area contributed by atoms with Gasteiger partial charge in [0.15, 0.2) is 0 Å². The molecule has 2 unspecified atom stereocenters. The first-order chi connectivity index (χ1) is 14.6. The van der Waals surface area contributed by atoms with Gasteiger partial charge < -0.3 is 5.11 Å². The molecule has 1 aliphatic rings. The molecule has 0 aliphatic carbocycles. The molecule has 4 rings (SSSR count). The van der Waals surface area contributed by atoms with Crippen LogP contribution in [0.25, 0.3) is 0 Å². The summed E-state index contributed by atoms with van der Waals surface area (Å²) in [6.07, 6.45) is 0.982. The zero-order chi connectivity index (χ0) is 20.9. The first kappa shape index (κ1) is 20.1. The molecule has 0 saturated carbocycles. The number of nitro groups is 1. The normalized spacial score (nSPS) is 21.3. The van der Waals surface area contributed by atoms with Crippen molar-refractivity contribution in [3.63, 3.8) is 0 Å². The van der Waals surface area contributed by atoms with Crippen molar-refractivity contribution >= 4 is 5.69 Å². The molecule has 3 aromatic rings. The monoisotopic (exact) mass is 405 g/mol. The minimum absolute atomic E-state index is 0.0199. The fraction of sp³-hybridized carbons (Fsp3) is 0.250. The number of phenolic OH excluding ortho intramolecular Hbond substituents is 1. The van der Waals surface area contributed by atoms with Gasteiger partial charge in [-0.3, -0.25) is 19.9 Å². The lowest BCUT2D eigenvalue weighted by molar-refractivity contribution is -1.16. The molecule has 0 amide bonds. The lowest BCUT2D eigenvalue weighted by Crippen LogP contribution is -3.32. The minimum atomic E-state index is -0.389. The van der Waals surface area contributed by atoms with Crippen LogP contribution in [0.4, 0.5) is 5.69 Å². The molecule has 3 N–H and O–H groups in total. The summed E-state index contributed by atoms with van der Waals surface area (Å²) in [4.78, 5) is 13.6. The minimum Gasteiger partial charge on any atom is -0.507 e. The van der Waals surface area contributed by atoms with Crippen LogP contribution in [-0.2, 0) is 13.1 Å². The average molecular weight is 405 g/mol. The maximum atomic E-state index is 11.4. The summed E-state index contributed by atoms with van der Waals surface area (Å²) in [5, 5.41) is 22.1. The number of phenols is 1. The van der Waals surface area contributed by atoms with Crippen LogP contribution in [0.1, 0.15) is 29.3 Å². The highest BCUT2D eigenvalue weighted by Crippen LogP contribution is 2.26. The van der Waals surface area contributed by atoms with Gasteiger partial charge in [0.1, 0.15) is 24.4 Å². The zero-order valence-electron chi connectivity index (χ0n) is 16.8. The van der Waals surface area contributed by atoms with Crippen LogP contribution in [0.15, 0.2) is 78.9 Å². The van der Waals surface area contributed by atoms with Crippen molar-refractivity contribution in [3.05, 3.63) is 106 Å². The lowest BCUT2D eigenvalue weighted by Gasteiger charge is -2.38. The van der Waals surface area contributed by atoms with Gasteiger partial charge in [0.05, 0.1) is 18.0 Å². The molecule has 0 aromatic heterocycles. The van der Waals surface area contributed by atoms with E-state index in [4.69, 9.17) is 0 Å². The number of rotatable bonds is 6. The maximum absolute atomic E-state index is 11.4. The molecule has 3 aromatic carbocycles. The van der Waals surface area contributed by atoms with Crippen molar-refractivity contribution in [3.8, 4) is 5.75 Å². The van der Waals surface area contributed by atoms with Crippen molar-refractivity contribution < 1.29 is 19.8 Å². The second-order valence-corrected chi connectivity index (χ2v) is 7.93. The van der Waals surface area contributed by atoms with E-state index in [1.807, 2.05) is 36.4 Å². The van der Waals surface area contributed by atoms with Gasteiger partial charge in [-0.25, -0.2) is 0 Å². The third-order valence-corrected chi connectivity index (χ3v) is 5.89. The summed E-state index contributed by atoms with van der Waals surface area (Å²) >= 11 is 0. The number of hydrogen-bond donors (Lipinski definition) is 3. The van der Waals surface area contributed by atoms with E-state index in [0.717, 1.165) is 32.6 Å². The molecule has 0 spiro atoms. The van der Waals surface area contributed by atoms with Gasteiger partial charge in [-0.15, -0.1) is 0 Å². The Morgan fingerprint density at radius 2 is 1.40 bits per heavy atom. The number of nitrogens with one attached hydrogen (secondary N) is 2. The van der Waals surface area contributed by atoms with E-state index in [1.54, 1.807) is 6.07 Å². The van der Waals surface area contributed by atoms with Crippen LogP contribution < -0.4 is 9.80 Å². The van der Waals surface area contributed by atoms with Gasteiger partial charge in [-0.05, 0) is 6.07 Å². The molecule has 2 atom stereocenters. The summed E-state index contributed by atoms with van der Waals surface area (Å²) in [6, 6.07) is 25.0. The van der Waals surface area contributed by atoms with E-state index in [-0.39, 0.29) is 22.5 Å². The molecular weight excluding hydrogens is 378 g/mol. The molecule has 1 saturated heterocycles. The quantitative estimate of drug-likeness (QED) is 0.433. The van der Waals surface area contributed by atoms with Gasteiger partial charge in [0, 0.05) is 29.7 Å². The number of non-ortho nitro benzene ring substituents is 1. The maximum Gasteiger partial charge on any atom is 0.270 e. The Bertz CT molecular complexity index is 946. The lowest BCUT2D eigenvalue weighted by atomic mass is 10.0. The Morgan fingerprint density at radius 3 is 1.90 bits per heavy atom. The highest BCUT2D eigenvalue weighted by atomic mass is 16.6. The molecule has 30 heavy (non-hydrogen) atoms. The van der Waals surface area contributed by atoms with Crippen molar-refractivity contribution in [2.75, 3.05) is 13.1 Å². The Labute approximate surface area is 176 Å². The number of quaternary nitrogens is 2. The number of aromatic hydroxyl groups is 1. The largest absolute Gasteiger partial charge is 0.507 e. The van der Waals surface area contributed by atoms with Gasteiger partial charge in [0.2, 0.25) is 6.17 Å². The highest BCUT2D eigenvalue weighted by Gasteiger charge is 2.40. The molecule has 0 radical (unpaired) electrons. The molecule has 154 valence electrons. The van der Waals surface area contributed by atoms with E-state index in [1.165, 1.54) is 33.1 Å². The van der Waals surface area contributed by atoms with Crippen LogP contribution in [0.2, 0.25) is 0 Å². The smallest absolute Gasteiger partial charge is 0.270 e. The van der Waals surface area contributed by atoms with Gasteiger partial charge >= 0.3 is 0 Å². The van der Waals surface area contributed by atoms with Gasteiger partial charge in [0.25, 0.3) is 5.69 Å². The fourth-order valence-corrected chi connectivity index (χ4v) is 4.54. The molecule has 1 fully saturated rings. The van der Waals surface area contributed by atoms with E-state index < -0.39 is 0 Å². The Kier molecular flexibility index (Phi) is 6.07. The molecule has 1 heterocycles. The summed E-state index contributed by atoms with van der Waals surface area (Å²) in [5.41, 5.74) is 3.12. The van der Waals surface area contributed by atoms with Crippen molar-refractivity contribution in [1.82, 2.24) is 0 Å². The van der Waals surface area contributed by atoms with E-state index in [9.17, 15) is 15.2 Å². The zero-order valence-corrected chi connectivity index (χ0v) is 16.8. The van der Waals surface area contributed by atoms with E-state index >= 15 is 0 Å². The second-order valence-electron chi connectivity index (χ2n) is 7.93. The number of nitrogens with zero attached hydrogens (tertiary/aromatic N) is 1. The average Bonchev–Trinajstić information content (AvgIpc) is 2.76. The Morgan fingerprint density at radius 1 is 0.867 bits per heavy atom. The molecular formula is C24H27N3O3+2. The topological polar surface area (TPSA) is 72.2 Å². The van der Waals surface area contributed by atoms with Crippen LogP contribution in [0.5, 0.6) is 5.75 Å². The standard InChI is InChI=1S/C24H25N3O3/c28-23-13-12-21(27(29)30)16-22(23)24-25(17-19-8-3-1-4-9-19)14-7-15-26(24)18-20-10-5-2-6-11-20/h1-6,8-13,16,24,28H,7,14-15,17-18H2/p+2. The van der Waals surface area contributed by atoms with Gasteiger partial charge in [-0.1, -0.05) is 60.7 Å². The van der Waals surface area contributed by atoms with Crippen molar-refractivity contribution in [1.29, 1.82) is 0 Å². The van der Waals surface area contributed by atoms with Crippen molar-refractivity contribution in [2.24, 2.45) is 0 Å². The Balaban J connectivity index is 1.72. The summed E-state index contributed by atoms with van der Waals surface area (Å²) in [5.74, 6) is 0.128. The molecule has 6 heteroatoms. The highest BCUT2D eigenvalue weighted by molar-refractivity contribution is 5.43. The predicted molar refractivity (Wildman–Crippen MR) is 114 cm³/mol. The Hall–Kier alpha value is -3.22. The van der Waals surface area contributed by atoms with Crippen LogP contribution in [0, 0.1) is 10.1 Å². The van der Waals surface area contributed by atoms with Crippen LogP contribution in [0.3, 0.4) is 0 Å². The SMILES string of the molecule is O=[N+]([O-])c1ccc(O)c(C2[NH+](Cc3ccccc3)CCC[NH+]2Cc2ccccc2)c1. The second kappa shape index (κ2) is 9.07. The molecule has 6 nitrogen and oxygen atoms in total. The van der Waals surface area contributed by atoms with E-state index in [2.05, 4.69) is 24.3 Å². The predicted octanol–water partition coefficient (Wildman–Crippen LogP) is 1.87. The number of hydrogen-bond acceptors (Lipinski definition) is 3. The van der Waals surface area contributed by atoms with Gasteiger partial charge in [-0.2, -0.15) is 0 Å².